The average molecular weight is 871 g/mol. The number of nitrogens with one attached hydrogen (secondary N) is 2. The fourth-order valence-electron chi connectivity index (χ4n) is 7.68. The van der Waals surface area contributed by atoms with Crippen molar-refractivity contribution in [2.75, 3.05) is 38.8 Å². The fraction of sp³-hybridized carbons (Fsp3) is 0.556. The van der Waals surface area contributed by atoms with E-state index in [2.05, 4.69) is 10.6 Å². The number of phenols is 2. The number of hydrogen-bond acceptors (Lipinski definition) is 15. The van der Waals surface area contributed by atoms with Crippen LogP contribution in [0.3, 0.4) is 0 Å². The molecule has 0 saturated heterocycles. The maximum Gasteiger partial charge on any atom is 0.312 e. The Morgan fingerprint density at radius 1 is 0.952 bits per heavy atom. The van der Waals surface area contributed by atoms with Crippen molar-refractivity contribution in [3.63, 3.8) is 0 Å². The smallest absolute Gasteiger partial charge is 0.312 e. The normalized spacial score (nSPS) is 27.2. The first-order valence-corrected chi connectivity index (χ1v) is 20.7. The first-order chi connectivity index (χ1) is 29.2. The number of anilines is 1. The van der Waals surface area contributed by atoms with Crippen LogP contribution < -0.4 is 20.1 Å². The Balaban J connectivity index is 1.89. The number of fused-ring (bicyclic) bond motifs is 14. The van der Waals surface area contributed by atoms with Crippen LogP contribution in [0.5, 0.6) is 23.0 Å². The van der Waals surface area contributed by atoms with Crippen molar-refractivity contribution < 1.29 is 72.8 Å². The number of aliphatic hydroxyl groups is 2. The molecule has 9 atom stereocenters. The number of amides is 2. The van der Waals surface area contributed by atoms with Gasteiger partial charge in [-0.05, 0) is 33.8 Å². The molecule has 9 unspecified atom stereocenters. The third kappa shape index (κ3) is 10.9. The minimum Gasteiger partial charge on any atom is -0.507 e. The van der Waals surface area contributed by atoms with Crippen LogP contribution >= 0.6 is 0 Å². The lowest BCUT2D eigenvalue weighted by molar-refractivity contribution is -0.160. The fourth-order valence-corrected chi connectivity index (χ4v) is 7.68. The molecule has 5 rings (SSSR count). The molecule has 0 saturated carbocycles. The van der Waals surface area contributed by atoms with Gasteiger partial charge in [0.25, 0.3) is 17.6 Å². The Morgan fingerprint density at radius 2 is 1.61 bits per heavy atom. The van der Waals surface area contributed by atoms with Gasteiger partial charge in [0.05, 0.1) is 47.8 Å². The number of phenolic OH excluding ortho intramolecular Hbond substituents is 2. The number of allylic oxidation sites excluding steroid dienone is 2. The summed E-state index contributed by atoms with van der Waals surface area (Å²) in [5.74, 6) is -8.57. The number of rotatable bonds is 11. The average Bonchev–Trinajstić information content (AvgIpc) is 3.50. The van der Waals surface area contributed by atoms with E-state index >= 15 is 0 Å². The number of hydrogen-bond donors (Lipinski definition) is 6. The molecule has 0 radical (unpaired) electrons. The van der Waals surface area contributed by atoms with Gasteiger partial charge in [-0.25, -0.2) is 0 Å². The number of benzene rings is 2. The highest BCUT2D eigenvalue weighted by atomic mass is 16.7. The highest BCUT2D eigenvalue weighted by Gasteiger charge is 2.49. The van der Waals surface area contributed by atoms with Gasteiger partial charge in [-0.3, -0.25) is 19.2 Å². The van der Waals surface area contributed by atoms with Crippen LogP contribution in [0.15, 0.2) is 42.2 Å². The first-order valence-electron chi connectivity index (χ1n) is 20.7. The summed E-state index contributed by atoms with van der Waals surface area (Å²) >= 11 is 0. The molecule has 6 N–H and O–H groups in total. The predicted molar refractivity (Wildman–Crippen MR) is 228 cm³/mol. The van der Waals surface area contributed by atoms with E-state index in [-0.39, 0.29) is 51.2 Å². The van der Waals surface area contributed by atoms with E-state index in [1.807, 2.05) is 0 Å². The minimum atomic E-state index is -2.05. The van der Waals surface area contributed by atoms with Crippen LogP contribution in [-0.2, 0) is 38.1 Å². The number of ketones is 1. The maximum atomic E-state index is 14.5. The number of carbonyl (C=O) groups excluding carboxylic acids is 4. The highest BCUT2D eigenvalue weighted by Crippen LogP contribution is 2.54. The Morgan fingerprint density at radius 3 is 2.23 bits per heavy atom. The second-order valence-electron chi connectivity index (χ2n) is 15.8. The molecule has 5 bridgehead atoms. The highest BCUT2D eigenvalue weighted by molar-refractivity contribution is 6.21. The molecule has 2 aromatic carbocycles. The summed E-state index contributed by atoms with van der Waals surface area (Å²) in [6, 6.07) is 1.22. The summed E-state index contributed by atoms with van der Waals surface area (Å²) in [5, 5.41) is 51.1. The summed E-state index contributed by atoms with van der Waals surface area (Å²) in [6.07, 6.45) is 2.75. The van der Waals surface area contributed by atoms with Gasteiger partial charge < -0.3 is 64.2 Å². The van der Waals surface area contributed by atoms with Crippen molar-refractivity contribution in [2.24, 2.45) is 23.7 Å². The van der Waals surface area contributed by atoms with Crippen molar-refractivity contribution in [3.8, 4) is 23.0 Å². The molecule has 3 aliphatic rings. The van der Waals surface area contributed by atoms with E-state index in [1.54, 1.807) is 53.7 Å². The van der Waals surface area contributed by atoms with Gasteiger partial charge in [-0.2, -0.15) is 0 Å². The molecule has 17 heteroatoms. The summed E-state index contributed by atoms with van der Waals surface area (Å²) in [4.78, 5) is 53.5. The van der Waals surface area contributed by atoms with Gasteiger partial charge >= 0.3 is 11.8 Å². The minimum absolute atomic E-state index is 0.00264. The summed E-state index contributed by atoms with van der Waals surface area (Å²) < 4.78 is 40.7. The Labute approximate surface area is 362 Å². The van der Waals surface area contributed by atoms with Gasteiger partial charge in [0.15, 0.2) is 18.6 Å². The number of esters is 1. The molecule has 2 aromatic rings. The summed E-state index contributed by atoms with van der Waals surface area (Å²) in [5.41, 5.74) is -0.135. The van der Waals surface area contributed by atoms with Gasteiger partial charge in [-0.1, -0.05) is 45.9 Å². The van der Waals surface area contributed by atoms with Crippen LogP contribution in [0, 0.1) is 30.6 Å². The zero-order valence-electron chi connectivity index (χ0n) is 37.3. The molecular formula is C45H62N2O15. The van der Waals surface area contributed by atoms with Crippen molar-refractivity contribution in [1.29, 1.82) is 0 Å². The zero-order chi connectivity index (χ0) is 46.2. The van der Waals surface area contributed by atoms with E-state index in [0.29, 0.717) is 13.2 Å². The quantitative estimate of drug-likeness (QED) is 0.0996. The van der Waals surface area contributed by atoms with Crippen LogP contribution in [-0.4, -0.2) is 114 Å². The molecule has 0 aromatic heterocycles. The van der Waals surface area contributed by atoms with Crippen molar-refractivity contribution in [2.45, 2.75) is 106 Å². The van der Waals surface area contributed by atoms with E-state index in [9.17, 15) is 39.6 Å². The first kappa shape index (κ1) is 49.5. The SMILES string of the molecule is CCOC(CNC(=O)COc1cc2c(O)c3c(O)c(C)c4c(c13)C(=O)C(C)(OC=CC(OC)C(C)C(OC(C)=O)C(C)C(O)C(C)C(O)C(C)C=CC=C(C)C(=O)N2)O4)OCC. The van der Waals surface area contributed by atoms with Crippen LogP contribution in [0.2, 0.25) is 0 Å². The summed E-state index contributed by atoms with van der Waals surface area (Å²) in [7, 11) is 1.43. The lowest BCUT2D eigenvalue weighted by Crippen LogP contribution is -2.46. The Kier molecular flexibility index (Phi) is 17.0. The van der Waals surface area contributed by atoms with Gasteiger partial charge in [0.2, 0.25) is 0 Å². The van der Waals surface area contributed by atoms with E-state index in [4.69, 9.17) is 33.2 Å². The number of aromatic hydroxyl groups is 2. The molecular weight excluding hydrogens is 808 g/mol. The number of ether oxygens (including phenoxy) is 7. The topological polar surface area (TPSA) is 238 Å². The molecule has 3 heterocycles. The van der Waals surface area contributed by atoms with Gasteiger partial charge in [-0.15, -0.1) is 0 Å². The molecule has 0 spiro atoms. The van der Waals surface area contributed by atoms with E-state index in [0.717, 1.165) is 0 Å². The van der Waals surface area contributed by atoms with Crippen molar-refractivity contribution in [1.82, 2.24) is 5.32 Å². The van der Waals surface area contributed by atoms with Crippen LogP contribution in [0.4, 0.5) is 5.69 Å². The monoisotopic (exact) mass is 870 g/mol. The number of aliphatic hydroxyl groups excluding tert-OH is 2. The van der Waals surface area contributed by atoms with Crippen LogP contribution in [0.25, 0.3) is 10.8 Å². The Bertz CT molecular complexity index is 2060. The van der Waals surface area contributed by atoms with E-state index < -0.39 is 102 Å². The predicted octanol–water partition coefficient (Wildman–Crippen LogP) is 4.94. The molecule has 17 nitrogen and oxygen atoms in total. The molecule has 2 amide bonds. The largest absolute Gasteiger partial charge is 0.507 e. The zero-order valence-corrected chi connectivity index (χ0v) is 37.3. The lowest BCUT2D eigenvalue weighted by Gasteiger charge is -2.38. The third-order valence-electron chi connectivity index (χ3n) is 11.4. The van der Waals surface area contributed by atoms with Gasteiger partial charge in [0, 0.05) is 80.4 Å². The maximum absolute atomic E-state index is 14.5. The van der Waals surface area contributed by atoms with E-state index in [1.165, 1.54) is 59.3 Å². The van der Waals surface area contributed by atoms with Crippen molar-refractivity contribution in [3.05, 3.63) is 53.3 Å². The second-order valence-corrected chi connectivity index (χ2v) is 15.8. The van der Waals surface area contributed by atoms with Gasteiger partial charge in [0.1, 0.15) is 23.4 Å². The summed E-state index contributed by atoms with van der Waals surface area (Å²) in [6.45, 7) is 16.1. The Hall–Kier alpha value is -5.20. The number of Topliss-reactive ketones (excluding diaryl/α,β-unsaturated/α-hetero) is 1. The van der Waals surface area contributed by atoms with Crippen molar-refractivity contribution >= 4 is 40.0 Å². The number of methoxy groups -OCH3 is 1. The second kappa shape index (κ2) is 21.3. The molecule has 0 aliphatic carbocycles. The lowest BCUT2D eigenvalue weighted by atomic mass is 9.78. The standard InChI is InChI=1S/C45H62N2O15/c1-12-57-33(58-13-2)20-46-32(49)21-59-31-19-29-40(53)35-34(31)36-42(27(8)39(35)52)62-45(10,43(36)54)60-18-17-30(56-11)24(5)41(61-28(9)48)26(7)38(51)25(6)37(50)22(3)15-14-16-23(4)44(55)47-29/h14-19,22,24-26,30,33,37-38,41,50-53H,12-13,20-21H2,1-11H3,(H,46,49)(H,47,55). The molecule has 0 fully saturated rings. The molecule has 3 aliphatic heterocycles. The number of carbonyl (C=O) groups is 4. The molecule has 342 valence electrons. The third-order valence-corrected chi connectivity index (χ3v) is 11.4. The molecule has 62 heavy (non-hydrogen) atoms. The van der Waals surface area contributed by atoms with Crippen LogP contribution in [0.1, 0.15) is 78.2 Å².